The fraction of sp³-hybridized carbons (Fsp3) is 0.231. The van der Waals surface area contributed by atoms with E-state index in [1.165, 1.54) is 24.5 Å². The number of aliphatic hydroxyl groups is 1. The maximum atomic E-state index is 13.8. The predicted molar refractivity (Wildman–Crippen MR) is 80.3 cm³/mol. The molecule has 1 aromatic carbocycles. The van der Waals surface area contributed by atoms with Crippen LogP contribution in [0.25, 0.3) is 0 Å². The van der Waals surface area contributed by atoms with E-state index in [4.69, 9.17) is 16.7 Å². The quantitative estimate of drug-likeness (QED) is 0.903. The number of rotatable bonds is 5. The summed E-state index contributed by atoms with van der Waals surface area (Å²) in [5.41, 5.74) is 0.336. The number of hydrogen-bond acceptors (Lipinski definition) is 4. The van der Waals surface area contributed by atoms with Crippen LogP contribution in [0.2, 0.25) is 4.34 Å². The Labute approximate surface area is 131 Å². The van der Waals surface area contributed by atoms with Crippen molar-refractivity contribution in [2.75, 3.05) is 7.05 Å². The van der Waals surface area contributed by atoms with E-state index in [2.05, 4.69) is 0 Å². The zero-order valence-corrected chi connectivity index (χ0v) is 13.5. The van der Waals surface area contributed by atoms with Crippen LogP contribution >= 0.6 is 22.9 Å². The highest BCUT2D eigenvalue weighted by atomic mass is 35.5. The van der Waals surface area contributed by atoms with Crippen molar-refractivity contribution < 1.29 is 17.9 Å². The molecule has 8 heteroatoms. The SMILES string of the molecule is CN(Cc1ccc(Cl)s1)S(=O)(=O)c1cc(CO)ccc1F. The fourth-order valence-corrected chi connectivity index (χ4v) is 4.24. The minimum absolute atomic E-state index is 0.0997. The molecule has 0 aliphatic heterocycles. The maximum Gasteiger partial charge on any atom is 0.246 e. The van der Waals surface area contributed by atoms with Gasteiger partial charge in [-0.2, -0.15) is 4.31 Å². The summed E-state index contributed by atoms with van der Waals surface area (Å²) in [6, 6.07) is 6.92. The number of thiophene rings is 1. The smallest absolute Gasteiger partial charge is 0.246 e. The van der Waals surface area contributed by atoms with Crippen molar-refractivity contribution in [2.45, 2.75) is 18.0 Å². The molecule has 0 bridgehead atoms. The zero-order valence-electron chi connectivity index (χ0n) is 11.1. The largest absolute Gasteiger partial charge is 0.392 e. The average Bonchev–Trinajstić information content (AvgIpc) is 2.84. The van der Waals surface area contributed by atoms with Crippen LogP contribution in [0, 0.1) is 5.82 Å². The Morgan fingerprint density at radius 2 is 2.05 bits per heavy atom. The Kier molecular flexibility index (Phi) is 5.00. The lowest BCUT2D eigenvalue weighted by Gasteiger charge is -2.17. The highest BCUT2D eigenvalue weighted by molar-refractivity contribution is 7.89. The van der Waals surface area contributed by atoms with Gasteiger partial charge < -0.3 is 5.11 Å². The molecule has 114 valence electrons. The third-order valence-corrected chi connectivity index (χ3v) is 5.91. The molecule has 0 fully saturated rings. The summed E-state index contributed by atoms with van der Waals surface area (Å²) in [6.07, 6.45) is 0. The lowest BCUT2D eigenvalue weighted by Crippen LogP contribution is -2.27. The third-order valence-electron chi connectivity index (χ3n) is 2.87. The van der Waals surface area contributed by atoms with Crippen molar-refractivity contribution in [3.63, 3.8) is 0 Å². The summed E-state index contributed by atoms with van der Waals surface area (Å²) in [7, 11) is -2.61. The first kappa shape index (κ1) is 16.4. The highest BCUT2D eigenvalue weighted by Gasteiger charge is 2.25. The Balaban J connectivity index is 2.32. The molecular formula is C13H13ClFNO3S2. The first-order chi connectivity index (χ1) is 9.84. The second-order valence-electron chi connectivity index (χ2n) is 4.39. The van der Waals surface area contributed by atoms with Crippen LogP contribution in [0.1, 0.15) is 10.4 Å². The molecule has 0 saturated carbocycles. The zero-order chi connectivity index (χ0) is 15.6. The van der Waals surface area contributed by atoms with Gasteiger partial charge in [0.15, 0.2) is 0 Å². The van der Waals surface area contributed by atoms with Gasteiger partial charge >= 0.3 is 0 Å². The van der Waals surface area contributed by atoms with E-state index < -0.39 is 20.7 Å². The van der Waals surface area contributed by atoms with E-state index in [0.717, 1.165) is 21.3 Å². The van der Waals surface area contributed by atoms with Gasteiger partial charge in [-0.05, 0) is 29.8 Å². The van der Waals surface area contributed by atoms with E-state index >= 15 is 0 Å². The van der Waals surface area contributed by atoms with Gasteiger partial charge in [-0.3, -0.25) is 0 Å². The summed E-state index contributed by atoms with van der Waals surface area (Å²) in [4.78, 5) is 0.309. The van der Waals surface area contributed by atoms with E-state index in [1.807, 2.05) is 0 Å². The van der Waals surface area contributed by atoms with Crippen LogP contribution in [0.4, 0.5) is 4.39 Å². The monoisotopic (exact) mass is 349 g/mol. The minimum Gasteiger partial charge on any atom is -0.392 e. The standard InChI is InChI=1S/C13H13ClFNO3S2/c1-16(7-10-3-5-13(14)20-10)21(18,19)12-6-9(8-17)2-4-11(12)15/h2-6,17H,7-8H2,1H3. The lowest BCUT2D eigenvalue weighted by atomic mass is 10.2. The van der Waals surface area contributed by atoms with Crippen molar-refractivity contribution in [1.82, 2.24) is 4.31 Å². The molecular weight excluding hydrogens is 337 g/mol. The van der Waals surface area contributed by atoms with E-state index in [1.54, 1.807) is 12.1 Å². The molecule has 0 unspecified atom stereocenters. The van der Waals surface area contributed by atoms with Crippen LogP contribution in [0.3, 0.4) is 0 Å². The summed E-state index contributed by atoms with van der Waals surface area (Å²) >= 11 is 7.07. The topological polar surface area (TPSA) is 57.6 Å². The summed E-state index contributed by atoms with van der Waals surface area (Å²) in [5, 5.41) is 9.05. The average molecular weight is 350 g/mol. The minimum atomic E-state index is -3.98. The molecule has 1 aromatic heterocycles. The van der Waals surface area contributed by atoms with Crippen molar-refractivity contribution in [1.29, 1.82) is 0 Å². The summed E-state index contributed by atoms with van der Waals surface area (Å²) in [5.74, 6) is -0.844. The first-order valence-corrected chi connectivity index (χ1v) is 8.58. The van der Waals surface area contributed by atoms with Crippen molar-refractivity contribution in [3.8, 4) is 0 Å². The van der Waals surface area contributed by atoms with Crippen molar-refractivity contribution >= 4 is 33.0 Å². The lowest BCUT2D eigenvalue weighted by molar-refractivity contribution is 0.281. The molecule has 0 aliphatic carbocycles. The molecule has 0 radical (unpaired) electrons. The van der Waals surface area contributed by atoms with Crippen LogP contribution in [0.15, 0.2) is 35.2 Å². The molecule has 0 spiro atoms. The number of aliphatic hydroxyl groups excluding tert-OH is 1. The van der Waals surface area contributed by atoms with Gasteiger partial charge in [0.2, 0.25) is 10.0 Å². The van der Waals surface area contributed by atoms with Gasteiger partial charge in [-0.25, -0.2) is 12.8 Å². The molecule has 2 aromatic rings. The first-order valence-electron chi connectivity index (χ1n) is 5.94. The number of nitrogens with zero attached hydrogens (tertiary/aromatic N) is 1. The second-order valence-corrected chi connectivity index (χ2v) is 8.20. The van der Waals surface area contributed by atoms with Crippen LogP contribution < -0.4 is 0 Å². The van der Waals surface area contributed by atoms with Crippen LogP contribution in [-0.4, -0.2) is 24.9 Å². The Morgan fingerprint density at radius 1 is 1.33 bits per heavy atom. The molecule has 2 rings (SSSR count). The Morgan fingerprint density at radius 3 is 2.62 bits per heavy atom. The molecule has 0 amide bonds. The second kappa shape index (κ2) is 6.41. The summed E-state index contributed by atoms with van der Waals surface area (Å²) in [6.45, 7) is -0.254. The van der Waals surface area contributed by atoms with E-state index in [-0.39, 0.29) is 13.2 Å². The van der Waals surface area contributed by atoms with Gasteiger partial charge in [-0.15, -0.1) is 11.3 Å². The molecule has 1 heterocycles. The predicted octanol–water partition coefficient (Wildman–Crippen LogP) is 2.85. The number of sulfonamides is 1. The van der Waals surface area contributed by atoms with Gasteiger partial charge in [0.1, 0.15) is 10.7 Å². The summed E-state index contributed by atoms with van der Waals surface area (Å²) < 4.78 is 40.2. The molecule has 0 atom stereocenters. The van der Waals surface area contributed by atoms with Crippen LogP contribution in [-0.2, 0) is 23.2 Å². The Bertz CT molecular complexity index is 746. The van der Waals surface area contributed by atoms with Gasteiger partial charge in [0, 0.05) is 18.5 Å². The third kappa shape index (κ3) is 3.61. The van der Waals surface area contributed by atoms with E-state index in [0.29, 0.717) is 9.90 Å². The van der Waals surface area contributed by atoms with Crippen molar-refractivity contribution in [2.24, 2.45) is 0 Å². The number of halogens is 2. The van der Waals surface area contributed by atoms with Crippen LogP contribution in [0.5, 0.6) is 0 Å². The molecule has 21 heavy (non-hydrogen) atoms. The molecule has 4 nitrogen and oxygen atoms in total. The molecule has 0 saturated heterocycles. The van der Waals surface area contributed by atoms with Gasteiger partial charge in [0.25, 0.3) is 0 Å². The normalized spacial score (nSPS) is 12.0. The highest BCUT2D eigenvalue weighted by Crippen LogP contribution is 2.26. The fourth-order valence-electron chi connectivity index (χ4n) is 1.75. The van der Waals surface area contributed by atoms with Crippen molar-refractivity contribution in [3.05, 3.63) is 50.9 Å². The van der Waals surface area contributed by atoms with E-state index in [9.17, 15) is 12.8 Å². The number of hydrogen-bond donors (Lipinski definition) is 1. The van der Waals surface area contributed by atoms with Gasteiger partial charge in [0.05, 0.1) is 10.9 Å². The maximum absolute atomic E-state index is 13.8. The molecule has 1 N–H and O–H groups in total. The van der Waals surface area contributed by atoms with Gasteiger partial charge in [-0.1, -0.05) is 17.7 Å². The number of benzene rings is 1. The Hall–Kier alpha value is -0.990. The molecule has 0 aliphatic rings.